The fourth-order valence-corrected chi connectivity index (χ4v) is 2.82. The van der Waals surface area contributed by atoms with Gasteiger partial charge in [-0.05, 0) is 37.0 Å². The van der Waals surface area contributed by atoms with Crippen molar-refractivity contribution in [3.8, 4) is 0 Å². The molecular formula is C16H20FNO3. The van der Waals surface area contributed by atoms with Crippen LogP contribution < -0.4 is 5.32 Å². The Morgan fingerprint density at radius 3 is 2.62 bits per heavy atom. The molecule has 1 aliphatic rings. The molecule has 1 saturated carbocycles. The van der Waals surface area contributed by atoms with Crippen LogP contribution in [0.2, 0.25) is 0 Å². The van der Waals surface area contributed by atoms with Gasteiger partial charge >= 0.3 is 5.97 Å². The highest BCUT2D eigenvalue weighted by atomic mass is 19.1. The third-order valence-electron chi connectivity index (χ3n) is 3.95. The van der Waals surface area contributed by atoms with E-state index in [1.165, 1.54) is 25.3 Å². The Kier molecular flexibility index (Phi) is 5.31. The summed E-state index contributed by atoms with van der Waals surface area (Å²) in [6.45, 7) is 0. The van der Waals surface area contributed by atoms with Gasteiger partial charge in [0.15, 0.2) is 0 Å². The van der Waals surface area contributed by atoms with Crippen molar-refractivity contribution in [1.29, 1.82) is 0 Å². The monoisotopic (exact) mass is 293 g/mol. The lowest BCUT2D eigenvalue weighted by atomic mass is 9.83. The van der Waals surface area contributed by atoms with Crippen LogP contribution in [0.3, 0.4) is 0 Å². The smallest absolute Gasteiger partial charge is 0.328 e. The van der Waals surface area contributed by atoms with E-state index >= 15 is 0 Å². The topological polar surface area (TPSA) is 55.4 Å². The van der Waals surface area contributed by atoms with Gasteiger partial charge in [-0.25, -0.2) is 9.18 Å². The molecule has 2 rings (SSSR count). The molecule has 5 heteroatoms. The van der Waals surface area contributed by atoms with Crippen molar-refractivity contribution in [3.05, 3.63) is 35.6 Å². The van der Waals surface area contributed by atoms with Crippen LogP contribution in [0, 0.1) is 11.7 Å². The molecule has 1 atom stereocenters. The van der Waals surface area contributed by atoms with Gasteiger partial charge in [0.2, 0.25) is 0 Å². The second-order valence-corrected chi connectivity index (χ2v) is 5.38. The highest BCUT2D eigenvalue weighted by Crippen LogP contribution is 2.27. The zero-order valence-corrected chi connectivity index (χ0v) is 12.1. The SMILES string of the molecule is COC(=O)[C@H](NC(=O)c1cccc(F)c1)C1CCCCC1. The maximum Gasteiger partial charge on any atom is 0.328 e. The molecule has 114 valence electrons. The van der Waals surface area contributed by atoms with Gasteiger partial charge in [-0.1, -0.05) is 25.3 Å². The van der Waals surface area contributed by atoms with Crippen molar-refractivity contribution in [3.63, 3.8) is 0 Å². The van der Waals surface area contributed by atoms with Crippen molar-refractivity contribution in [2.24, 2.45) is 5.92 Å². The number of carbonyl (C=O) groups is 2. The summed E-state index contributed by atoms with van der Waals surface area (Å²) in [6, 6.07) is 4.76. The third-order valence-corrected chi connectivity index (χ3v) is 3.95. The second kappa shape index (κ2) is 7.20. The summed E-state index contributed by atoms with van der Waals surface area (Å²) in [4.78, 5) is 24.1. The largest absolute Gasteiger partial charge is 0.467 e. The summed E-state index contributed by atoms with van der Waals surface area (Å²) in [5.41, 5.74) is 0.208. The lowest BCUT2D eigenvalue weighted by Gasteiger charge is -2.29. The molecule has 21 heavy (non-hydrogen) atoms. The van der Waals surface area contributed by atoms with Crippen molar-refractivity contribution in [2.45, 2.75) is 38.1 Å². The number of benzene rings is 1. The van der Waals surface area contributed by atoms with E-state index in [2.05, 4.69) is 5.32 Å². The fraction of sp³-hybridized carbons (Fsp3) is 0.500. The highest BCUT2D eigenvalue weighted by molar-refractivity contribution is 5.96. The molecule has 0 spiro atoms. The Bertz CT molecular complexity index is 512. The summed E-state index contributed by atoms with van der Waals surface area (Å²) in [7, 11) is 1.31. The minimum Gasteiger partial charge on any atom is -0.467 e. The minimum atomic E-state index is -0.661. The van der Waals surface area contributed by atoms with Crippen molar-refractivity contribution >= 4 is 11.9 Å². The molecule has 0 aromatic heterocycles. The van der Waals surface area contributed by atoms with Crippen molar-refractivity contribution in [1.82, 2.24) is 5.32 Å². The first-order valence-electron chi connectivity index (χ1n) is 7.26. The molecule has 1 fully saturated rings. The number of hydrogen-bond donors (Lipinski definition) is 1. The van der Waals surface area contributed by atoms with E-state index in [9.17, 15) is 14.0 Å². The number of rotatable bonds is 4. The molecular weight excluding hydrogens is 273 g/mol. The van der Waals surface area contributed by atoms with Crippen LogP contribution in [0.5, 0.6) is 0 Å². The number of amides is 1. The number of halogens is 1. The van der Waals surface area contributed by atoms with Crippen LogP contribution in [0.25, 0.3) is 0 Å². The van der Waals surface area contributed by atoms with E-state index in [-0.39, 0.29) is 11.5 Å². The van der Waals surface area contributed by atoms with Gasteiger partial charge in [-0.15, -0.1) is 0 Å². The second-order valence-electron chi connectivity index (χ2n) is 5.38. The van der Waals surface area contributed by atoms with Gasteiger partial charge in [0.1, 0.15) is 11.9 Å². The Hall–Kier alpha value is -1.91. The number of esters is 1. The molecule has 0 aliphatic heterocycles. The molecule has 0 heterocycles. The molecule has 1 amide bonds. The van der Waals surface area contributed by atoms with Gasteiger partial charge in [0.05, 0.1) is 7.11 Å². The lowest BCUT2D eigenvalue weighted by Crippen LogP contribution is -2.47. The van der Waals surface area contributed by atoms with E-state index in [0.717, 1.165) is 38.2 Å². The number of carbonyl (C=O) groups excluding carboxylic acids is 2. The standard InChI is InChI=1S/C16H20FNO3/c1-21-16(20)14(11-6-3-2-4-7-11)18-15(19)12-8-5-9-13(17)10-12/h5,8-11,14H,2-4,6-7H2,1H3,(H,18,19)/t14-/m1/s1. The number of nitrogens with one attached hydrogen (secondary N) is 1. The van der Waals surface area contributed by atoms with E-state index in [1.54, 1.807) is 0 Å². The molecule has 1 aromatic rings. The summed E-state index contributed by atoms with van der Waals surface area (Å²) >= 11 is 0. The lowest BCUT2D eigenvalue weighted by molar-refractivity contribution is -0.144. The van der Waals surface area contributed by atoms with Crippen LogP contribution in [-0.4, -0.2) is 25.0 Å². The number of ether oxygens (including phenoxy) is 1. The van der Waals surface area contributed by atoms with Crippen LogP contribution in [-0.2, 0) is 9.53 Å². The van der Waals surface area contributed by atoms with Gasteiger partial charge in [-0.2, -0.15) is 0 Å². The Labute approximate surface area is 123 Å². The van der Waals surface area contributed by atoms with Crippen LogP contribution in [0.15, 0.2) is 24.3 Å². The molecule has 4 nitrogen and oxygen atoms in total. The van der Waals surface area contributed by atoms with E-state index < -0.39 is 23.7 Å². The Balaban J connectivity index is 2.10. The van der Waals surface area contributed by atoms with Gasteiger partial charge in [0.25, 0.3) is 5.91 Å². The third kappa shape index (κ3) is 4.03. The molecule has 0 radical (unpaired) electrons. The first kappa shape index (κ1) is 15.5. The molecule has 1 N–H and O–H groups in total. The fourth-order valence-electron chi connectivity index (χ4n) is 2.82. The van der Waals surface area contributed by atoms with Gasteiger partial charge in [-0.3, -0.25) is 4.79 Å². The van der Waals surface area contributed by atoms with E-state index in [1.807, 2.05) is 0 Å². The molecule has 0 unspecified atom stereocenters. The normalized spacial score (nSPS) is 17.0. The average molecular weight is 293 g/mol. The minimum absolute atomic E-state index is 0.0868. The number of hydrogen-bond acceptors (Lipinski definition) is 3. The quantitative estimate of drug-likeness (QED) is 0.868. The summed E-state index contributed by atoms with van der Waals surface area (Å²) < 4.78 is 18.0. The predicted molar refractivity (Wildman–Crippen MR) is 76.2 cm³/mol. The highest BCUT2D eigenvalue weighted by Gasteiger charge is 2.31. The molecule has 0 bridgehead atoms. The average Bonchev–Trinajstić information content (AvgIpc) is 2.52. The van der Waals surface area contributed by atoms with Crippen molar-refractivity contribution < 1.29 is 18.7 Å². The zero-order chi connectivity index (χ0) is 15.2. The van der Waals surface area contributed by atoms with Crippen molar-refractivity contribution in [2.75, 3.05) is 7.11 Å². The summed E-state index contributed by atoms with van der Waals surface area (Å²) in [5, 5.41) is 2.70. The van der Waals surface area contributed by atoms with Crippen LogP contribution >= 0.6 is 0 Å². The van der Waals surface area contributed by atoms with Gasteiger partial charge < -0.3 is 10.1 Å². The zero-order valence-electron chi connectivity index (χ0n) is 12.1. The Morgan fingerprint density at radius 2 is 2.00 bits per heavy atom. The van der Waals surface area contributed by atoms with Crippen LogP contribution in [0.1, 0.15) is 42.5 Å². The summed E-state index contributed by atoms with van der Waals surface area (Å²) in [5.74, 6) is -1.28. The van der Waals surface area contributed by atoms with Crippen LogP contribution in [0.4, 0.5) is 4.39 Å². The first-order valence-corrected chi connectivity index (χ1v) is 7.26. The maximum atomic E-state index is 13.2. The van der Waals surface area contributed by atoms with E-state index in [4.69, 9.17) is 4.74 Å². The maximum absolute atomic E-state index is 13.2. The summed E-state index contributed by atoms with van der Waals surface area (Å²) in [6.07, 6.45) is 5.04. The molecule has 1 aliphatic carbocycles. The molecule has 0 saturated heterocycles. The van der Waals surface area contributed by atoms with Gasteiger partial charge in [0, 0.05) is 5.56 Å². The Morgan fingerprint density at radius 1 is 1.29 bits per heavy atom. The first-order chi connectivity index (χ1) is 10.1. The predicted octanol–water partition coefficient (Wildman–Crippen LogP) is 2.68. The molecule has 1 aromatic carbocycles. The number of methoxy groups -OCH3 is 1. The van der Waals surface area contributed by atoms with E-state index in [0.29, 0.717) is 0 Å².